The van der Waals surface area contributed by atoms with Gasteiger partial charge < -0.3 is 20.5 Å². The van der Waals surface area contributed by atoms with Crippen LogP contribution in [0.25, 0.3) is 0 Å². The number of nitrogens with one attached hydrogen (secondary N) is 2. The van der Waals surface area contributed by atoms with E-state index in [9.17, 15) is 19.2 Å². The summed E-state index contributed by atoms with van der Waals surface area (Å²) < 4.78 is 4.64. The van der Waals surface area contributed by atoms with Gasteiger partial charge in [-0.15, -0.1) is 0 Å². The maximum atomic E-state index is 12.8. The highest BCUT2D eigenvalue weighted by Gasteiger charge is 2.28. The van der Waals surface area contributed by atoms with Crippen LogP contribution in [0, 0.1) is 17.8 Å². The summed E-state index contributed by atoms with van der Waals surface area (Å²) in [5, 5.41) is 14.6. The van der Waals surface area contributed by atoms with Gasteiger partial charge in [0.15, 0.2) is 0 Å². The van der Waals surface area contributed by atoms with E-state index in [2.05, 4.69) is 15.4 Å². The van der Waals surface area contributed by atoms with Crippen LogP contribution in [0.15, 0.2) is 24.3 Å². The van der Waals surface area contributed by atoms with E-state index < -0.39 is 35.7 Å². The molecule has 166 valence electrons. The quantitative estimate of drug-likeness (QED) is 0.473. The first kappa shape index (κ1) is 25.1. The third-order valence-corrected chi connectivity index (χ3v) is 4.46. The number of hydrogen-bond acceptors (Lipinski definition) is 5. The molecule has 2 amide bonds. The Balaban J connectivity index is 2.90. The number of hydrogen-bond donors (Lipinski definition) is 3. The molecule has 0 aliphatic rings. The standard InChI is InChI=1S/C22H32N2O6/c1-13(2)10-16(12-19(25)26)20(27)24-18(11-14(3)4)21(28)23-17-8-6-15(7-9-17)22(29)30-5/h6-9,13-14,16,18H,10-12H2,1-5H3,(H,23,28)(H,24,27)(H,25,26). The first-order valence-corrected chi connectivity index (χ1v) is 10.0. The van der Waals surface area contributed by atoms with Crippen molar-refractivity contribution in [2.45, 2.75) is 53.0 Å². The van der Waals surface area contributed by atoms with E-state index in [1.807, 2.05) is 27.7 Å². The van der Waals surface area contributed by atoms with Crippen LogP contribution in [0.5, 0.6) is 0 Å². The molecule has 0 aromatic heterocycles. The molecule has 8 nitrogen and oxygen atoms in total. The van der Waals surface area contributed by atoms with Crippen molar-refractivity contribution in [1.29, 1.82) is 0 Å². The van der Waals surface area contributed by atoms with Crippen molar-refractivity contribution in [2.24, 2.45) is 17.8 Å². The van der Waals surface area contributed by atoms with Gasteiger partial charge in [0, 0.05) is 11.6 Å². The Hall–Kier alpha value is -2.90. The number of anilines is 1. The summed E-state index contributed by atoms with van der Waals surface area (Å²) in [7, 11) is 1.29. The van der Waals surface area contributed by atoms with E-state index in [0.717, 1.165) is 0 Å². The Morgan fingerprint density at radius 3 is 1.97 bits per heavy atom. The second-order valence-corrected chi connectivity index (χ2v) is 8.17. The van der Waals surface area contributed by atoms with Gasteiger partial charge in [0.05, 0.1) is 19.1 Å². The number of carbonyl (C=O) groups excluding carboxylic acids is 3. The molecule has 30 heavy (non-hydrogen) atoms. The van der Waals surface area contributed by atoms with Crippen molar-refractivity contribution >= 4 is 29.4 Å². The van der Waals surface area contributed by atoms with Gasteiger partial charge in [-0.05, 0) is 48.9 Å². The molecule has 0 saturated carbocycles. The van der Waals surface area contributed by atoms with E-state index in [-0.39, 0.29) is 18.3 Å². The van der Waals surface area contributed by atoms with Gasteiger partial charge in [-0.2, -0.15) is 0 Å². The van der Waals surface area contributed by atoms with Crippen molar-refractivity contribution in [3.05, 3.63) is 29.8 Å². The smallest absolute Gasteiger partial charge is 0.337 e. The maximum absolute atomic E-state index is 12.8. The molecule has 1 aromatic carbocycles. The molecular weight excluding hydrogens is 388 g/mol. The van der Waals surface area contributed by atoms with Crippen LogP contribution in [-0.2, 0) is 19.1 Å². The predicted molar refractivity (Wildman–Crippen MR) is 113 cm³/mol. The molecule has 0 aliphatic carbocycles. The Labute approximate surface area is 177 Å². The summed E-state index contributed by atoms with van der Waals surface area (Å²) in [6, 6.07) is 5.40. The molecule has 1 rings (SSSR count). The summed E-state index contributed by atoms with van der Waals surface area (Å²) in [6.45, 7) is 7.69. The third kappa shape index (κ3) is 8.63. The highest BCUT2D eigenvalue weighted by atomic mass is 16.5. The Kier molecular flexibility index (Phi) is 10.0. The van der Waals surface area contributed by atoms with Crippen LogP contribution in [0.1, 0.15) is 57.3 Å². The van der Waals surface area contributed by atoms with Gasteiger partial charge in [0.2, 0.25) is 11.8 Å². The van der Waals surface area contributed by atoms with Crippen molar-refractivity contribution < 1.29 is 29.0 Å². The molecule has 8 heteroatoms. The van der Waals surface area contributed by atoms with Crippen LogP contribution in [0.3, 0.4) is 0 Å². The highest BCUT2D eigenvalue weighted by Crippen LogP contribution is 2.18. The lowest BCUT2D eigenvalue weighted by atomic mass is 9.92. The Morgan fingerprint density at radius 2 is 1.50 bits per heavy atom. The number of methoxy groups -OCH3 is 1. The molecule has 0 radical (unpaired) electrons. The van der Waals surface area contributed by atoms with Gasteiger partial charge >= 0.3 is 11.9 Å². The minimum Gasteiger partial charge on any atom is -0.481 e. The number of carbonyl (C=O) groups is 4. The molecule has 0 spiro atoms. The zero-order valence-electron chi connectivity index (χ0n) is 18.2. The van der Waals surface area contributed by atoms with E-state index in [4.69, 9.17) is 5.11 Å². The Bertz CT molecular complexity index is 742. The SMILES string of the molecule is COC(=O)c1ccc(NC(=O)C(CC(C)C)NC(=O)C(CC(=O)O)CC(C)C)cc1. The molecule has 3 N–H and O–H groups in total. The number of benzene rings is 1. The largest absolute Gasteiger partial charge is 0.481 e. The lowest BCUT2D eigenvalue weighted by Crippen LogP contribution is -2.47. The van der Waals surface area contributed by atoms with Gasteiger partial charge in [-0.1, -0.05) is 27.7 Å². The number of aliphatic carboxylic acids is 1. The number of carboxylic acids is 1. The van der Waals surface area contributed by atoms with Crippen molar-refractivity contribution in [3.63, 3.8) is 0 Å². The van der Waals surface area contributed by atoms with Gasteiger partial charge in [-0.25, -0.2) is 4.79 Å². The Morgan fingerprint density at radius 1 is 0.933 bits per heavy atom. The van der Waals surface area contributed by atoms with E-state index in [0.29, 0.717) is 24.1 Å². The molecule has 1 aromatic rings. The van der Waals surface area contributed by atoms with Crippen molar-refractivity contribution in [2.75, 3.05) is 12.4 Å². The predicted octanol–water partition coefficient (Wildman–Crippen LogP) is 3.08. The van der Waals surface area contributed by atoms with Crippen LogP contribution < -0.4 is 10.6 Å². The van der Waals surface area contributed by atoms with Crippen LogP contribution in [0.4, 0.5) is 5.69 Å². The lowest BCUT2D eigenvalue weighted by molar-refractivity contribution is -0.141. The molecular formula is C22H32N2O6. The molecule has 0 heterocycles. The van der Waals surface area contributed by atoms with Gasteiger partial charge in [-0.3, -0.25) is 14.4 Å². The fourth-order valence-electron chi connectivity index (χ4n) is 3.09. The zero-order chi connectivity index (χ0) is 22.8. The minimum absolute atomic E-state index is 0.130. The van der Waals surface area contributed by atoms with Crippen LogP contribution in [-0.4, -0.2) is 42.0 Å². The first-order valence-electron chi connectivity index (χ1n) is 10.0. The zero-order valence-corrected chi connectivity index (χ0v) is 18.2. The van der Waals surface area contributed by atoms with Gasteiger partial charge in [0.25, 0.3) is 0 Å². The fourth-order valence-corrected chi connectivity index (χ4v) is 3.09. The van der Waals surface area contributed by atoms with Crippen LogP contribution in [0.2, 0.25) is 0 Å². The highest BCUT2D eigenvalue weighted by molar-refractivity contribution is 5.98. The topological polar surface area (TPSA) is 122 Å². The van der Waals surface area contributed by atoms with E-state index in [1.54, 1.807) is 12.1 Å². The number of esters is 1. The number of amides is 2. The molecule has 0 fully saturated rings. The summed E-state index contributed by atoms with van der Waals surface area (Å²) >= 11 is 0. The molecule has 0 saturated heterocycles. The molecule has 0 aliphatic heterocycles. The van der Waals surface area contributed by atoms with E-state index in [1.165, 1.54) is 19.2 Å². The van der Waals surface area contributed by atoms with Crippen molar-refractivity contribution in [1.82, 2.24) is 5.32 Å². The lowest BCUT2D eigenvalue weighted by Gasteiger charge is -2.24. The van der Waals surface area contributed by atoms with E-state index >= 15 is 0 Å². The van der Waals surface area contributed by atoms with Crippen molar-refractivity contribution in [3.8, 4) is 0 Å². The van der Waals surface area contributed by atoms with Crippen LogP contribution >= 0.6 is 0 Å². The summed E-state index contributed by atoms with van der Waals surface area (Å²) in [5.41, 5.74) is 0.827. The second kappa shape index (κ2) is 11.9. The number of carboxylic acid groups (broad SMARTS) is 1. The summed E-state index contributed by atoms with van der Waals surface area (Å²) in [4.78, 5) is 48.2. The normalized spacial score (nSPS) is 12.9. The average molecular weight is 421 g/mol. The maximum Gasteiger partial charge on any atom is 0.337 e. The number of rotatable bonds is 11. The second-order valence-electron chi connectivity index (χ2n) is 8.17. The molecule has 0 bridgehead atoms. The first-order chi connectivity index (χ1) is 14.0. The average Bonchev–Trinajstić information content (AvgIpc) is 2.65. The fraction of sp³-hybridized carbons (Fsp3) is 0.545. The third-order valence-electron chi connectivity index (χ3n) is 4.46. The molecule has 2 atom stereocenters. The number of ether oxygens (including phenoxy) is 1. The summed E-state index contributed by atoms with van der Waals surface area (Å²) in [6.07, 6.45) is 0.539. The monoisotopic (exact) mass is 420 g/mol. The summed E-state index contributed by atoms with van der Waals surface area (Å²) in [5.74, 6) is -2.80. The minimum atomic E-state index is -1.05. The van der Waals surface area contributed by atoms with Gasteiger partial charge in [0.1, 0.15) is 6.04 Å². The molecule has 2 unspecified atom stereocenters.